The third-order valence-corrected chi connectivity index (χ3v) is 2.92. The Morgan fingerprint density at radius 2 is 2.00 bits per heavy atom. The Labute approximate surface area is 102 Å². The van der Waals surface area contributed by atoms with Gasteiger partial charge in [-0.3, -0.25) is 4.98 Å². The molecular weight excluding hydrogens is 238 g/mol. The number of benzene rings is 1. The molecule has 0 saturated heterocycles. The minimum Gasteiger partial charge on any atom is -0.380 e. The van der Waals surface area contributed by atoms with Crippen molar-refractivity contribution in [2.24, 2.45) is 0 Å². The van der Waals surface area contributed by atoms with Crippen molar-refractivity contribution >= 4 is 28.3 Å². The maximum absolute atomic E-state index is 6.04. The van der Waals surface area contributed by atoms with E-state index in [1.165, 1.54) is 0 Å². The summed E-state index contributed by atoms with van der Waals surface area (Å²) in [6.07, 6.45) is 1.70. The highest BCUT2D eigenvalue weighted by Crippen LogP contribution is 2.35. The molecule has 0 aliphatic carbocycles. The highest BCUT2D eigenvalue weighted by Gasteiger charge is 2.15. The highest BCUT2D eigenvalue weighted by molar-refractivity contribution is 6.35. The number of hydrogen-bond acceptors (Lipinski definition) is 4. The summed E-state index contributed by atoms with van der Waals surface area (Å²) in [5.41, 5.74) is 7.28. The molecule has 84 valence electrons. The molecule has 3 aromatic rings. The zero-order valence-electron chi connectivity index (χ0n) is 8.72. The second kappa shape index (κ2) is 3.75. The number of nitrogens with two attached hydrogens (primary N) is 1. The summed E-state index contributed by atoms with van der Waals surface area (Å²) in [5.74, 6) is 0.672. The first-order chi connectivity index (χ1) is 8.27. The third kappa shape index (κ3) is 1.54. The van der Waals surface area contributed by atoms with Gasteiger partial charge in [0.15, 0.2) is 11.6 Å². The molecule has 0 atom stereocenters. The van der Waals surface area contributed by atoms with Crippen LogP contribution in [0.2, 0.25) is 5.02 Å². The Hall–Kier alpha value is -2.07. The average molecular weight is 246 g/mol. The van der Waals surface area contributed by atoms with Crippen LogP contribution in [0, 0.1) is 0 Å². The van der Waals surface area contributed by atoms with E-state index in [2.05, 4.69) is 10.1 Å². The highest BCUT2D eigenvalue weighted by atomic mass is 35.5. The van der Waals surface area contributed by atoms with Crippen LogP contribution in [0.25, 0.3) is 22.2 Å². The quantitative estimate of drug-likeness (QED) is 0.715. The van der Waals surface area contributed by atoms with Gasteiger partial charge in [-0.1, -0.05) is 35.0 Å². The van der Waals surface area contributed by atoms with Gasteiger partial charge >= 0.3 is 0 Å². The first-order valence-corrected chi connectivity index (χ1v) is 5.40. The molecule has 0 spiro atoms. The summed E-state index contributed by atoms with van der Waals surface area (Å²) in [7, 11) is 0. The maximum atomic E-state index is 6.04. The molecule has 2 heterocycles. The first-order valence-electron chi connectivity index (χ1n) is 5.02. The summed E-state index contributed by atoms with van der Waals surface area (Å²) in [6.45, 7) is 0. The number of hydrogen-bond donors (Lipinski definition) is 1. The monoisotopic (exact) mass is 245 g/mol. The van der Waals surface area contributed by atoms with Gasteiger partial charge < -0.3 is 10.3 Å². The number of rotatable bonds is 1. The molecule has 1 aromatic carbocycles. The Bertz CT molecular complexity index is 688. The Morgan fingerprint density at radius 1 is 1.18 bits per heavy atom. The molecule has 17 heavy (non-hydrogen) atoms. The summed E-state index contributed by atoms with van der Waals surface area (Å²) in [4.78, 5) is 4.27. The van der Waals surface area contributed by atoms with Gasteiger partial charge in [-0.15, -0.1) is 0 Å². The predicted molar refractivity (Wildman–Crippen MR) is 66.7 cm³/mol. The molecule has 0 bridgehead atoms. The van der Waals surface area contributed by atoms with E-state index < -0.39 is 0 Å². The van der Waals surface area contributed by atoms with Gasteiger partial charge in [0.25, 0.3) is 0 Å². The van der Waals surface area contributed by atoms with E-state index in [9.17, 15) is 0 Å². The number of aromatic nitrogens is 2. The molecule has 0 fully saturated rings. The SMILES string of the molecule is Nc1noc(-c2ccnc3ccccc23)c1Cl. The van der Waals surface area contributed by atoms with Crippen LogP contribution < -0.4 is 5.73 Å². The third-order valence-electron chi connectivity index (χ3n) is 2.55. The molecule has 0 saturated carbocycles. The van der Waals surface area contributed by atoms with E-state index in [1.54, 1.807) is 6.20 Å². The molecule has 0 amide bonds. The van der Waals surface area contributed by atoms with Crippen molar-refractivity contribution in [3.05, 3.63) is 41.6 Å². The topological polar surface area (TPSA) is 64.9 Å². The van der Waals surface area contributed by atoms with Crippen LogP contribution in [0.5, 0.6) is 0 Å². The molecule has 2 aromatic heterocycles. The minimum atomic E-state index is 0.197. The van der Waals surface area contributed by atoms with Crippen LogP contribution in [0.4, 0.5) is 5.82 Å². The molecule has 0 aliphatic rings. The van der Waals surface area contributed by atoms with E-state index in [-0.39, 0.29) is 5.82 Å². The normalized spacial score (nSPS) is 10.9. The molecule has 3 rings (SSSR count). The van der Waals surface area contributed by atoms with Crippen molar-refractivity contribution in [2.75, 3.05) is 5.73 Å². The summed E-state index contributed by atoms with van der Waals surface area (Å²) in [6, 6.07) is 9.56. The summed E-state index contributed by atoms with van der Waals surface area (Å²) < 4.78 is 5.15. The predicted octanol–water partition coefficient (Wildman–Crippen LogP) is 3.13. The summed E-state index contributed by atoms with van der Waals surface area (Å²) in [5, 5.41) is 4.94. The van der Waals surface area contributed by atoms with Crippen molar-refractivity contribution in [1.29, 1.82) is 0 Å². The van der Waals surface area contributed by atoms with Crippen molar-refractivity contribution in [3.63, 3.8) is 0 Å². The lowest BCUT2D eigenvalue weighted by atomic mass is 10.1. The molecule has 0 unspecified atom stereocenters. The number of para-hydroxylation sites is 1. The van der Waals surface area contributed by atoms with Crippen molar-refractivity contribution in [1.82, 2.24) is 10.1 Å². The van der Waals surface area contributed by atoms with Crippen LogP contribution in [0.15, 0.2) is 41.1 Å². The zero-order chi connectivity index (χ0) is 11.8. The maximum Gasteiger partial charge on any atom is 0.188 e. The number of pyridine rings is 1. The van der Waals surface area contributed by atoms with Crippen molar-refractivity contribution in [2.45, 2.75) is 0 Å². The van der Waals surface area contributed by atoms with Gasteiger partial charge in [-0.2, -0.15) is 0 Å². The van der Waals surface area contributed by atoms with E-state index in [1.807, 2.05) is 30.3 Å². The Kier molecular flexibility index (Phi) is 2.23. The lowest BCUT2D eigenvalue weighted by molar-refractivity contribution is 0.436. The van der Waals surface area contributed by atoms with Gasteiger partial charge in [0.2, 0.25) is 0 Å². The molecule has 0 aliphatic heterocycles. The van der Waals surface area contributed by atoms with Gasteiger partial charge in [0.1, 0.15) is 5.02 Å². The van der Waals surface area contributed by atoms with Crippen LogP contribution in [0.1, 0.15) is 0 Å². The number of fused-ring (bicyclic) bond motifs is 1. The average Bonchev–Trinajstić information content (AvgIpc) is 2.69. The fourth-order valence-corrected chi connectivity index (χ4v) is 1.92. The number of halogens is 1. The van der Waals surface area contributed by atoms with Gasteiger partial charge in [0, 0.05) is 17.1 Å². The number of nitrogen functional groups attached to an aromatic ring is 1. The lowest BCUT2D eigenvalue weighted by Gasteiger charge is -2.02. The van der Waals surface area contributed by atoms with Gasteiger partial charge in [-0.05, 0) is 12.1 Å². The number of anilines is 1. The molecule has 2 N–H and O–H groups in total. The van der Waals surface area contributed by atoms with Crippen molar-refractivity contribution in [3.8, 4) is 11.3 Å². The van der Waals surface area contributed by atoms with Crippen LogP contribution in [0.3, 0.4) is 0 Å². The first kappa shape index (κ1) is 10.1. The fourth-order valence-electron chi connectivity index (χ4n) is 1.75. The second-order valence-corrected chi connectivity index (χ2v) is 3.96. The minimum absolute atomic E-state index is 0.197. The molecule has 4 nitrogen and oxygen atoms in total. The molecule has 0 radical (unpaired) electrons. The van der Waals surface area contributed by atoms with Crippen LogP contribution >= 0.6 is 11.6 Å². The van der Waals surface area contributed by atoms with E-state index in [0.717, 1.165) is 16.5 Å². The molecule has 5 heteroatoms. The molecular formula is C12H8ClN3O. The fraction of sp³-hybridized carbons (Fsp3) is 0. The van der Waals surface area contributed by atoms with E-state index in [4.69, 9.17) is 21.9 Å². The zero-order valence-corrected chi connectivity index (χ0v) is 9.48. The van der Waals surface area contributed by atoms with E-state index in [0.29, 0.717) is 10.8 Å². The van der Waals surface area contributed by atoms with E-state index >= 15 is 0 Å². The second-order valence-electron chi connectivity index (χ2n) is 3.59. The van der Waals surface area contributed by atoms with Crippen LogP contribution in [-0.2, 0) is 0 Å². The van der Waals surface area contributed by atoms with Crippen LogP contribution in [-0.4, -0.2) is 10.1 Å². The smallest absolute Gasteiger partial charge is 0.188 e. The van der Waals surface area contributed by atoms with Gasteiger partial charge in [0.05, 0.1) is 5.52 Å². The lowest BCUT2D eigenvalue weighted by Crippen LogP contribution is -1.84. The standard InChI is InChI=1S/C12H8ClN3O/c13-10-11(17-16-12(10)14)8-5-6-15-9-4-2-1-3-7(8)9/h1-6H,(H2,14,16). The Balaban J connectivity index is 2.34. The van der Waals surface area contributed by atoms with Gasteiger partial charge in [-0.25, -0.2) is 0 Å². The largest absolute Gasteiger partial charge is 0.380 e. The Morgan fingerprint density at radius 3 is 2.76 bits per heavy atom. The summed E-state index contributed by atoms with van der Waals surface area (Å²) >= 11 is 6.04. The van der Waals surface area contributed by atoms with Crippen molar-refractivity contribution < 1.29 is 4.52 Å². The number of nitrogens with zero attached hydrogens (tertiary/aromatic N) is 2.